The van der Waals surface area contributed by atoms with E-state index in [9.17, 15) is 13.2 Å². The molecule has 0 fully saturated rings. The van der Waals surface area contributed by atoms with Crippen LogP contribution in [0.15, 0.2) is 53.4 Å². The molecule has 6 nitrogen and oxygen atoms in total. The number of ether oxygens (including phenoxy) is 1. The lowest BCUT2D eigenvalue weighted by molar-refractivity contribution is -0.118. The Morgan fingerprint density at radius 3 is 2.64 bits per heavy atom. The van der Waals surface area contributed by atoms with E-state index in [4.69, 9.17) is 4.74 Å². The molecule has 1 heterocycles. The molecule has 1 N–H and O–H groups in total. The zero-order valence-electron chi connectivity index (χ0n) is 13.9. The Morgan fingerprint density at radius 2 is 1.92 bits per heavy atom. The van der Waals surface area contributed by atoms with Crippen LogP contribution in [0.2, 0.25) is 0 Å². The summed E-state index contributed by atoms with van der Waals surface area (Å²) in [6.07, 6.45) is 1.64. The summed E-state index contributed by atoms with van der Waals surface area (Å²) in [4.78, 5) is 11.5. The van der Waals surface area contributed by atoms with E-state index in [0.29, 0.717) is 23.7 Å². The Kier molecular flexibility index (Phi) is 4.94. The Morgan fingerprint density at radius 1 is 1.16 bits per heavy atom. The van der Waals surface area contributed by atoms with Gasteiger partial charge >= 0.3 is 0 Å². The van der Waals surface area contributed by atoms with Gasteiger partial charge in [0.25, 0.3) is 15.9 Å². The maximum Gasteiger partial charge on any atom is 0.264 e. The summed E-state index contributed by atoms with van der Waals surface area (Å²) in [6.45, 7) is 2.30. The molecule has 1 aliphatic rings. The van der Waals surface area contributed by atoms with Crippen LogP contribution >= 0.6 is 0 Å². The van der Waals surface area contributed by atoms with Gasteiger partial charge in [0, 0.05) is 12.6 Å². The molecule has 1 amide bonds. The highest BCUT2D eigenvalue weighted by Crippen LogP contribution is 2.32. The molecule has 0 saturated carbocycles. The fourth-order valence-electron chi connectivity index (χ4n) is 2.63. The number of hydrogen-bond donors (Lipinski definition) is 1. The third-order valence-corrected chi connectivity index (χ3v) is 5.76. The van der Waals surface area contributed by atoms with Gasteiger partial charge in [-0.25, -0.2) is 8.42 Å². The highest BCUT2D eigenvalue weighted by molar-refractivity contribution is 7.92. The van der Waals surface area contributed by atoms with Gasteiger partial charge in [-0.15, -0.1) is 0 Å². The number of benzene rings is 2. The third kappa shape index (κ3) is 3.61. The second kappa shape index (κ2) is 7.14. The first kappa shape index (κ1) is 17.3. The molecule has 3 rings (SSSR count). The van der Waals surface area contributed by atoms with Crippen molar-refractivity contribution in [2.24, 2.45) is 0 Å². The van der Waals surface area contributed by atoms with E-state index in [0.717, 1.165) is 12.8 Å². The van der Waals surface area contributed by atoms with Gasteiger partial charge in [-0.1, -0.05) is 31.5 Å². The van der Waals surface area contributed by atoms with Crippen molar-refractivity contribution >= 4 is 27.3 Å². The first-order valence-electron chi connectivity index (χ1n) is 8.17. The number of amides is 1. The van der Waals surface area contributed by atoms with Crippen molar-refractivity contribution in [3.8, 4) is 5.75 Å². The molecule has 2 aromatic carbocycles. The number of anilines is 2. The Hall–Kier alpha value is -2.54. The van der Waals surface area contributed by atoms with Crippen LogP contribution in [0.1, 0.15) is 19.8 Å². The average molecular weight is 360 g/mol. The zero-order valence-corrected chi connectivity index (χ0v) is 14.8. The molecule has 0 saturated heterocycles. The number of para-hydroxylation sites is 1. The molecule has 1 aliphatic heterocycles. The molecule has 0 aliphatic carbocycles. The van der Waals surface area contributed by atoms with Crippen LogP contribution < -0.4 is 14.4 Å². The number of rotatable bonds is 6. The molecule has 132 valence electrons. The standard InChI is InChI=1S/C18H20N2O4S/c1-2-3-11-20(14-7-5-4-6-8-14)25(22,23)15-9-10-16-17(12-15)24-13-18(21)19-16/h4-10,12H,2-3,11,13H2,1H3,(H,19,21). The fourth-order valence-corrected chi connectivity index (χ4v) is 4.15. The van der Waals surface area contributed by atoms with Crippen molar-refractivity contribution in [1.82, 2.24) is 0 Å². The smallest absolute Gasteiger partial charge is 0.264 e. The van der Waals surface area contributed by atoms with Gasteiger partial charge in [0.2, 0.25) is 0 Å². The van der Waals surface area contributed by atoms with Gasteiger partial charge in [-0.05, 0) is 30.7 Å². The minimum atomic E-state index is -3.73. The molecular weight excluding hydrogens is 340 g/mol. The van der Waals surface area contributed by atoms with Crippen LogP contribution in [0.4, 0.5) is 11.4 Å². The van der Waals surface area contributed by atoms with Crippen molar-refractivity contribution in [1.29, 1.82) is 0 Å². The topological polar surface area (TPSA) is 75.7 Å². The number of carbonyl (C=O) groups is 1. The summed E-state index contributed by atoms with van der Waals surface area (Å²) in [5.74, 6) is 0.112. The van der Waals surface area contributed by atoms with Gasteiger partial charge in [-0.2, -0.15) is 0 Å². The van der Waals surface area contributed by atoms with Gasteiger partial charge in [-0.3, -0.25) is 9.10 Å². The van der Waals surface area contributed by atoms with Gasteiger partial charge in [0.15, 0.2) is 6.61 Å². The van der Waals surface area contributed by atoms with Crippen LogP contribution in [0, 0.1) is 0 Å². The maximum atomic E-state index is 13.2. The predicted octanol–water partition coefficient (Wildman–Crippen LogP) is 3.01. The molecule has 0 aromatic heterocycles. The summed E-state index contributed by atoms with van der Waals surface area (Å²) in [5, 5.41) is 2.66. The van der Waals surface area contributed by atoms with Crippen LogP contribution in [0.3, 0.4) is 0 Å². The van der Waals surface area contributed by atoms with Crippen molar-refractivity contribution in [3.05, 3.63) is 48.5 Å². The summed E-state index contributed by atoms with van der Waals surface area (Å²) in [7, 11) is -3.73. The monoisotopic (exact) mass is 360 g/mol. The highest BCUT2D eigenvalue weighted by Gasteiger charge is 2.27. The number of unbranched alkanes of at least 4 members (excludes halogenated alkanes) is 1. The van der Waals surface area contributed by atoms with Crippen molar-refractivity contribution < 1.29 is 17.9 Å². The van der Waals surface area contributed by atoms with Crippen LogP contribution in [-0.2, 0) is 14.8 Å². The third-order valence-electron chi connectivity index (χ3n) is 3.93. The maximum absolute atomic E-state index is 13.2. The quantitative estimate of drug-likeness (QED) is 0.859. The summed E-state index contributed by atoms with van der Waals surface area (Å²) in [5.41, 5.74) is 1.11. The number of fused-ring (bicyclic) bond motifs is 1. The Balaban J connectivity index is 1.99. The molecule has 0 atom stereocenters. The summed E-state index contributed by atoms with van der Waals surface area (Å²) >= 11 is 0. The SMILES string of the molecule is CCCCN(c1ccccc1)S(=O)(=O)c1ccc2c(c1)OCC(=O)N2. The van der Waals surface area contributed by atoms with Gasteiger partial charge in [0.05, 0.1) is 16.3 Å². The molecule has 0 unspecified atom stereocenters. The molecule has 25 heavy (non-hydrogen) atoms. The number of sulfonamides is 1. The summed E-state index contributed by atoms with van der Waals surface area (Å²) in [6, 6.07) is 13.6. The molecule has 0 bridgehead atoms. The molecular formula is C18H20N2O4S. The second-order valence-corrected chi connectivity index (χ2v) is 7.62. The second-order valence-electron chi connectivity index (χ2n) is 5.76. The van der Waals surface area contributed by atoms with Crippen LogP contribution in [0.25, 0.3) is 0 Å². The predicted molar refractivity (Wildman–Crippen MR) is 96.4 cm³/mol. The minimum absolute atomic E-state index is 0.116. The number of hydrogen-bond acceptors (Lipinski definition) is 4. The van der Waals surface area contributed by atoms with E-state index in [2.05, 4.69) is 5.32 Å². The van der Waals surface area contributed by atoms with E-state index in [1.165, 1.54) is 16.4 Å². The van der Waals surface area contributed by atoms with E-state index < -0.39 is 10.0 Å². The lowest BCUT2D eigenvalue weighted by atomic mass is 10.2. The molecule has 2 aromatic rings. The van der Waals surface area contributed by atoms with Crippen LogP contribution in [-0.4, -0.2) is 27.5 Å². The van der Waals surface area contributed by atoms with E-state index in [-0.39, 0.29) is 17.4 Å². The van der Waals surface area contributed by atoms with Crippen molar-refractivity contribution in [2.75, 3.05) is 22.8 Å². The van der Waals surface area contributed by atoms with Crippen molar-refractivity contribution in [2.45, 2.75) is 24.7 Å². The van der Waals surface area contributed by atoms with E-state index in [1.54, 1.807) is 18.2 Å². The first-order valence-corrected chi connectivity index (χ1v) is 9.61. The molecule has 0 spiro atoms. The number of carbonyl (C=O) groups excluding carboxylic acids is 1. The normalized spacial score (nSPS) is 13.6. The van der Waals surface area contributed by atoms with Crippen molar-refractivity contribution in [3.63, 3.8) is 0 Å². The van der Waals surface area contributed by atoms with Gasteiger partial charge < -0.3 is 10.1 Å². The highest BCUT2D eigenvalue weighted by atomic mass is 32.2. The molecule has 0 radical (unpaired) electrons. The average Bonchev–Trinajstić information content (AvgIpc) is 2.62. The first-order chi connectivity index (χ1) is 12.0. The summed E-state index contributed by atoms with van der Waals surface area (Å²) < 4.78 is 33.1. The lowest BCUT2D eigenvalue weighted by Gasteiger charge is -2.25. The zero-order chi connectivity index (χ0) is 17.9. The fraction of sp³-hybridized carbons (Fsp3) is 0.278. The largest absolute Gasteiger partial charge is 0.482 e. The molecule has 7 heteroatoms. The minimum Gasteiger partial charge on any atom is -0.482 e. The van der Waals surface area contributed by atoms with E-state index in [1.807, 2.05) is 25.1 Å². The Bertz CT molecular complexity index is 866. The van der Waals surface area contributed by atoms with Crippen LogP contribution in [0.5, 0.6) is 5.75 Å². The Labute approximate surface area is 147 Å². The lowest BCUT2D eigenvalue weighted by Crippen LogP contribution is -2.32. The van der Waals surface area contributed by atoms with E-state index >= 15 is 0 Å². The van der Waals surface area contributed by atoms with Gasteiger partial charge in [0.1, 0.15) is 5.75 Å². The number of nitrogens with zero attached hydrogens (tertiary/aromatic N) is 1. The number of nitrogens with one attached hydrogen (secondary N) is 1.